The Hall–Kier alpha value is -0.393. The molecule has 1 rings (SSSR count). The molecular weight excluding hydrogens is 236 g/mol. The van der Waals surface area contributed by atoms with E-state index in [1.54, 1.807) is 0 Å². The van der Waals surface area contributed by atoms with Gasteiger partial charge < -0.3 is 14.3 Å². The van der Waals surface area contributed by atoms with Crippen molar-refractivity contribution in [1.82, 2.24) is 0 Å². The fourth-order valence-corrected chi connectivity index (χ4v) is 2.52. The highest BCUT2D eigenvalue weighted by Gasteiger charge is 2.38. The van der Waals surface area contributed by atoms with Gasteiger partial charge in [-0.3, -0.25) is 4.79 Å². The number of aliphatic hydroxyl groups is 1. The molecule has 0 spiro atoms. The van der Waals surface area contributed by atoms with Crippen LogP contribution in [0.3, 0.4) is 0 Å². The van der Waals surface area contributed by atoms with Crippen molar-refractivity contribution in [2.45, 2.75) is 64.0 Å². The van der Waals surface area contributed by atoms with E-state index in [0.29, 0.717) is 13.0 Å². The summed E-state index contributed by atoms with van der Waals surface area (Å²) in [5, 5.41) is 9.64. The normalized spacial score (nSPS) is 26.8. The van der Waals surface area contributed by atoms with Gasteiger partial charge in [0, 0.05) is 6.42 Å². The van der Waals surface area contributed by atoms with Gasteiger partial charge in [0.2, 0.25) is 0 Å². The Morgan fingerprint density at radius 3 is 2.53 bits per heavy atom. The third-order valence-electron chi connectivity index (χ3n) is 3.67. The van der Waals surface area contributed by atoms with Crippen molar-refractivity contribution in [2.75, 3.05) is 6.61 Å². The van der Waals surface area contributed by atoms with Crippen LogP contribution in [0.1, 0.15) is 33.6 Å². The standard InChI is InChI=1S/C12H24O4Si/c1-12(2,3)17(4,5)15-8-10-6-9(13)7-11(14)16-10/h9-10,13H,6-8H2,1-5H3. The number of esters is 1. The fourth-order valence-electron chi connectivity index (χ4n) is 1.48. The summed E-state index contributed by atoms with van der Waals surface area (Å²) >= 11 is 0. The lowest BCUT2D eigenvalue weighted by atomic mass is 10.1. The highest BCUT2D eigenvalue weighted by atomic mass is 28.4. The van der Waals surface area contributed by atoms with Gasteiger partial charge in [-0.1, -0.05) is 20.8 Å². The lowest BCUT2D eigenvalue weighted by Gasteiger charge is -2.37. The molecule has 4 nitrogen and oxygen atoms in total. The second-order valence-electron chi connectivity index (χ2n) is 6.28. The van der Waals surface area contributed by atoms with Crippen LogP contribution < -0.4 is 0 Å². The molecule has 0 aromatic heterocycles. The van der Waals surface area contributed by atoms with Crippen LogP contribution in [-0.2, 0) is 14.0 Å². The molecule has 5 heteroatoms. The van der Waals surface area contributed by atoms with Crippen LogP contribution in [0.25, 0.3) is 0 Å². The second-order valence-corrected chi connectivity index (χ2v) is 11.1. The first kappa shape index (κ1) is 14.7. The molecule has 0 bridgehead atoms. The van der Waals surface area contributed by atoms with E-state index in [2.05, 4.69) is 33.9 Å². The van der Waals surface area contributed by atoms with E-state index in [1.165, 1.54) is 0 Å². The maximum atomic E-state index is 11.2. The first-order chi connectivity index (χ1) is 7.62. The van der Waals surface area contributed by atoms with Crippen LogP contribution in [-0.4, -0.2) is 38.2 Å². The van der Waals surface area contributed by atoms with Crippen LogP contribution in [0, 0.1) is 0 Å². The summed E-state index contributed by atoms with van der Waals surface area (Å²) in [6, 6.07) is 0. The zero-order valence-corrected chi connectivity index (χ0v) is 12.4. The van der Waals surface area contributed by atoms with Crippen molar-refractivity contribution in [3.63, 3.8) is 0 Å². The van der Waals surface area contributed by atoms with Gasteiger partial charge in [-0.05, 0) is 18.1 Å². The number of ether oxygens (including phenoxy) is 1. The van der Waals surface area contributed by atoms with E-state index >= 15 is 0 Å². The molecule has 1 N–H and O–H groups in total. The zero-order chi connectivity index (χ0) is 13.3. The summed E-state index contributed by atoms with van der Waals surface area (Å²) in [4.78, 5) is 11.2. The van der Waals surface area contributed by atoms with Crippen molar-refractivity contribution < 1.29 is 19.1 Å². The fraction of sp³-hybridized carbons (Fsp3) is 0.917. The summed E-state index contributed by atoms with van der Waals surface area (Å²) < 4.78 is 11.1. The molecule has 1 fully saturated rings. The van der Waals surface area contributed by atoms with Crippen molar-refractivity contribution in [1.29, 1.82) is 0 Å². The highest BCUT2D eigenvalue weighted by molar-refractivity contribution is 6.74. The van der Waals surface area contributed by atoms with E-state index < -0.39 is 14.4 Å². The first-order valence-corrected chi connectivity index (χ1v) is 9.04. The summed E-state index contributed by atoms with van der Waals surface area (Å²) in [7, 11) is -1.81. The van der Waals surface area contributed by atoms with E-state index in [1.807, 2.05) is 0 Å². The predicted molar refractivity (Wildman–Crippen MR) is 68.3 cm³/mol. The number of hydrogen-bond donors (Lipinski definition) is 1. The van der Waals surface area contributed by atoms with Gasteiger partial charge in [-0.2, -0.15) is 0 Å². The molecule has 1 aliphatic rings. The van der Waals surface area contributed by atoms with Crippen LogP contribution in [0.15, 0.2) is 0 Å². The van der Waals surface area contributed by atoms with Crippen molar-refractivity contribution in [3.05, 3.63) is 0 Å². The number of aliphatic hydroxyl groups excluding tert-OH is 1. The largest absolute Gasteiger partial charge is 0.460 e. The third-order valence-corrected chi connectivity index (χ3v) is 8.17. The van der Waals surface area contributed by atoms with Crippen molar-refractivity contribution >= 4 is 14.3 Å². The third kappa shape index (κ3) is 4.08. The molecule has 0 aromatic rings. The van der Waals surface area contributed by atoms with Gasteiger partial charge in [0.15, 0.2) is 8.32 Å². The van der Waals surface area contributed by atoms with Crippen LogP contribution in [0.5, 0.6) is 0 Å². The average molecular weight is 260 g/mol. The van der Waals surface area contributed by atoms with Gasteiger partial charge in [-0.25, -0.2) is 0 Å². The molecule has 1 saturated heterocycles. The summed E-state index contributed by atoms with van der Waals surface area (Å²) in [6.07, 6.45) is -0.277. The number of hydrogen-bond acceptors (Lipinski definition) is 4. The monoisotopic (exact) mass is 260 g/mol. The van der Waals surface area contributed by atoms with Crippen LogP contribution >= 0.6 is 0 Å². The quantitative estimate of drug-likeness (QED) is 0.623. The smallest absolute Gasteiger partial charge is 0.308 e. The Kier molecular flexibility index (Phi) is 4.38. The maximum absolute atomic E-state index is 11.2. The lowest BCUT2D eigenvalue weighted by molar-refractivity contribution is -0.162. The summed E-state index contributed by atoms with van der Waals surface area (Å²) in [5.74, 6) is -0.326. The van der Waals surface area contributed by atoms with Crippen LogP contribution in [0.4, 0.5) is 0 Å². The Morgan fingerprint density at radius 1 is 1.47 bits per heavy atom. The second kappa shape index (κ2) is 5.08. The molecule has 17 heavy (non-hydrogen) atoms. The Morgan fingerprint density at radius 2 is 2.06 bits per heavy atom. The Labute approximate surface area is 104 Å². The minimum atomic E-state index is -1.81. The van der Waals surface area contributed by atoms with E-state index in [4.69, 9.17) is 9.16 Å². The van der Waals surface area contributed by atoms with Gasteiger partial charge in [-0.15, -0.1) is 0 Å². The molecule has 0 aromatic carbocycles. The van der Waals surface area contributed by atoms with E-state index in [0.717, 1.165) is 0 Å². The molecule has 2 unspecified atom stereocenters. The highest BCUT2D eigenvalue weighted by Crippen LogP contribution is 2.36. The molecule has 0 radical (unpaired) electrons. The molecule has 0 saturated carbocycles. The molecule has 1 heterocycles. The summed E-state index contributed by atoms with van der Waals surface area (Å²) in [6.45, 7) is 11.2. The van der Waals surface area contributed by atoms with E-state index in [-0.39, 0.29) is 23.5 Å². The molecule has 2 atom stereocenters. The van der Waals surface area contributed by atoms with Gasteiger partial charge in [0.05, 0.1) is 19.1 Å². The number of carbonyl (C=O) groups excluding carboxylic acids is 1. The molecule has 100 valence electrons. The topological polar surface area (TPSA) is 55.8 Å². The summed E-state index contributed by atoms with van der Waals surface area (Å²) in [5.41, 5.74) is 0. The maximum Gasteiger partial charge on any atom is 0.308 e. The average Bonchev–Trinajstić information content (AvgIpc) is 2.11. The minimum absolute atomic E-state index is 0.108. The van der Waals surface area contributed by atoms with Gasteiger partial charge in [0.1, 0.15) is 6.10 Å². The van der Waals surface area contributed by atoms with E-state index in [9.17, 15) is 9.90 Å². The molecule has 1 aliphatic heterocycles. The molecule has 0 amide bonds. The van der Waals surface area contributed by atoms with Gasteiger partial charge in [0.25, 0.3) is 0 Å². The Bertz CT molecular complexity index is 283. The number of cyclic esters (lactones) is 1. The lowest BCUT2D eigenvalue weighted by Crippen LogP contribution is -2.44. The first-order valence-electron chi connectivity index (χ1n) is 6.13. The predicted octanol–water partition coefficient (Wildman–Crippen LogP) is 2.07. The van der Waals surface area contributed by atoms with Crippen molar-refractivity contribution in [2.24, 2.45) is 0 Å². The number of rotatable bonds is 3. The minimum Gasteiger partial charge on any atom is -0.460 e. The molecule has 0 aliphatic carbocycles. The SMILES string of the molecule is CC(C)(C)[Si](C)(C)OCC1CC(O)CC(=O)O1. The van der Waals surface area contributed by atoms with Crippen molar-refractivity contribution in [3.8, 4) is 0 Å². The number of carbonyl (C=O) groups is 1. The van der Waals surface area contributed by atoms with Gasteiger partial charge >= 0.3 is 5.97 Å². The molecular formula is C12H24O4Si. The zero-order valence-electron chi connectivity index (χ0n) is 11.4. The Balaban J connectivity index is 2.48. The van der Waals surface area contributed by atoms with Crippen LogP contribution in [0.2, 0.25) is 18.1 Å².